The third-order valence-corrected chi connectivity index (χ3v) is 8.90. The van der Waals surface area contributed by atoms with Crippen molar-refractivity contribution in [2.45, 2.75) is 26.2 Å². The second-order valence-electron chi connectivity index (χ2n) is 10.1. The molecule has 0 aliphatic heterocycles. The summed E-state index contributed by atoms with van der Waals surface area (Å²) in [5.41, 5.74) is 5.75. The van der Waals surface area contributed by atoms with E-state index in [0.717, 1.165) is 17.4 Å². The Bertz CT molecular complexity index is 1660. The van der Waals surface area contributed by atoms with E-state index in [-0.39, 0.29) is 26.2 Å². The number of carbonyl (C=O) groups is 2. The van der Waals surface area contributed by atoms with E-state index in [9.17, 15) is 26.4 Å². The van der Waals surface area contributed by atoms with Gasteiger partial charge in [0.25, 0.3) is 5.91 Å². The minimum Gasteiger partial charge on any atom is -0.465 e. The normalized spacial score (nSPS) is 11.4. The van der Waals surface area contributed by atoms with E-state index < -0.39 is 31.9 Å². The van der Waals surface area contributed by atoms with Crippen LogP contribution >= 0.6 is 0 Å². The Morgan fingerprint density at radius 3 is 1.41 bits per heavy atom. The first-order valence-electron chi connectivity index (χ1n) is 13.8. The number of rotatable bonds is 12. The van der Waals surface area contributed by atoms with Crippen LogP contribution < -0.4 is 11.3 Å². The molecule has 0 atom stereocenters. The molecule has 0 fully saturated rings. The first kappa shape index (κ1) is 35.9. The molecular weight excluding hydrogens is 633 g/mol. The van der Waals surface area contributed by atoms with E-state index >= 15 is 0 Å². The zero-order valence-corrected chi connectivity index (χ0v) is 27.2. The monoisotopic (exact) mass is 668 g/mol. The van der Waals surface area contributed by atoms with Gasteiger partial charge in [-0.05, 0) is 59.7 Å². The van der Waals surface area contributed by atoms with Gasteiger partial charge in [0.05, 0.1) is 49.7 Å². The van der Waals surface area contributed by atoms with Crippen LogP contribution in [-0.2, 0) is 51.0 Å². The highest BCUT2D eigenvalue weighted by molar-refractivity contribution is 7.88. The number of pyridine rings is 2. The number of methoxy groups -OCH3 is 1. The van der Waals surface area contributed by atoms with E-state index in [2.05, 4.69) is 14.7 Å². The Morgan fingerprint density at radius 2 is 1.09 bits per heavy atom. The Hall–Kier alpha value is -4.54. The Kier molecular flexibility index (Phi) is 13.0. The molecule has 0 saturated carbocycles. The molecular formula is C31H36N6O7S2. The third-order valence-electron chi connectivity index (χ3n) is 6.51. The molecule has 244 valence electrons. The molecule has 0 unspecified atom stereocenters. The molecule has 0 saturated heterocycles. The zero-order chi connectivity index (χ0) is 33.7. The molecule has 0 bridgehead atoms. The predicted octanol–water partition coefficient (Wildman–Crippen LogP) is 2.48. The number of hydrogen-bond acceptors (Lipinski definition) is 10. The largest absolute Gasteiger partial charge is 0.465 e. The van der Waals surface area contributed by atoms with Crippen molar-refractivity contribution in [3.63, 3.8) is 0 Å². The topological polar surface area (TPSA) is 182 Å². The minimum absolute atomic E-state index is 0.185. The Balaban J connectivity index is 0.000000250. The van der Waals surface area contributed by atoms with Gasteiger partial charge >= 0.3 is 5.97 Å². The summed E-state index contributed by atoms with van der Waals surface area (Å²) in [6.45, 7) is 0.778. The molecule has 46 heavy (non-hydrogen) atoms. The van der Waals surface area contributed by atoms with Crippen molar-refractivity contribution in [2.75, 3.05) is 19.6 Å². The second kappa shape index (κ2) is 16.7. The number of sulfonamides is 2. The van der Waals surface area contributed by atoms with Gasteiger partial charge in [0.1, 0.15) is 0 Å². The summed E-state index contributed by atoms with van der Waals surface area (Å²) >= 11 is 0. The number of hydrogen-bond donors (Lipinski definition) is 2. The summed E-state index contributed by atoms with van der Waals surface area (Å²) in [7, 11) is -5.48. The van der Waals surface area contributed by atoms with Crippen molar-refractivity contribution in [2.24, 2.45) is 5.84 Å². The van der Waals surface area contributed by atoms with E-state index in [4.69, 9.17) is 5.84 Å². The van der Waals surface area contributed by atoms with E-state index in [1.165, 1.54) is 22.0 Å². The molecule has 2 aromatic carbocycles. The summed E-state index contributed by atoms with van der Waals surface area (Å²) in [6.07, 6.45) is 5.57. The van der Waals surface area contributed by atoms with Crippen molar-refractivity contribution >= 4 is 31.9 Å². The maximum absolute atomic E-state index is 12.0. The lowest BCUT2D eigenvalue weighted by Gasteiger charge is -2.19. The Labute approximate surface area is 269 Å². The number of benzene rings is 2. The number of ether oxygens (including phenoxy) is 1. The number of nitrogens with zero attached hydrogens (tertiary/aromatic N) is 4. The number of carbonyl (C=O) groups excluding carboxylic acids is 2. The lowest BCUT2D eigenvalue weighted by molar-refractivity contribution is 0.0600. The molecule has 4 aromatic rings. The van der Waals surface area contributed by atoms with Crippen LogP contribution in [0.3, 0.4) is 0 Å². The number of hydrazine groups is 1. The van der Waals surface area contributed by atoms with E-state index in [1.807, 2.05) is 17.6 Å². The van der Waals surface area contributed by atoms with Crippen molar-refractivity contribution in [1.29, 1.82) is 0 Å². The maximum atomic E-state index is 12.0. The van der Waals surface area contributed by atoms with E-state index in [1.54, 1.807) is 85.2 Å². The second-order valence-corrected chi connectivity index (χ2v) is 14.0. The van der Waals surface area contributed by atoms with Crippen molar-refractivity contribution in [1.82, 2.24) is 24.0 Å². The van der Waals surface area contributed by atoms with Gasteiger partial charge in [-0.15, -0.1) is 0 Å². The van der Waals surface area contributed by atoms with Crippen LogP contribution in [-0.4, -0.2) is 66.9 Å². The van der Waals surface area contributed by atoms with Gasteiger partial charge in [0, 0.05) is 31.0 Å². The van der Waals surface area contributed by atoms with Crippen LogP contribution in [0.2, 0.25) is 0 Å². The lowest BCUT2D eigenvalue weighted by atomic mass is 10.1. The summed E-state index contributed by atoms with van der Waals surface area (Å²) in [4.78, 5) is 31.1. The zero-order valence-electron chi connectivity index (χ0n) is 25.6. The quantitative estimate of drug-likeness (QED) is 0.0985. The van der Waals surface area contributed by atoms with Crippen LogP contribution in [0.1, 0.15) is 43.2 Å². The Morgan fingerprint density at radius 1 is 0.674 bits per heavy atom. The molecule has 4 rings (SSSR count). The number of nitrogens with one attached hydrogen (secondary N) is 1. The fourth-order valence-corrected chi connectivity index (χ4v) is 5.54. The van der Waals surface area contributed by atoms with Crippen molar-refractivity contribution < 1.29 is 31.2 Å². The number of aromatic nitrogens is 2. The molecule has 0 aliphatic rings. The van der Waals surface area contributed by atoms with E-state index in [0.29, 0.717) is 22.5 Å². The van der Waals surface area contributed by atoms with Gasteiger partial charge in [-0.25, -0.2) is 27.5 Å². The standard InChI is InChI=1S/C16H18N2O4S.C15H18N4O3S/c1-22-16(19)14-8-6-13(7-9-14)11-18(23(2,20)21)12-15-5-3-4-10-17-15;1-23(21,22)19(11-14-4-2-3-9-17-14)10-12-5-7-13(8-6-12)15(20)18-16/h3-10H,11-12H2,1-2H3;2-9H,10-11,16H2,1H3,(H,18,20). The summed E-state index contributed by atoms with van der Waals surface area (Å²) < 4.78 is 55.2. The van der Waals surface area contributed by atoms with Gasteiger partial charge in [-0.1, -0.05) is 36.4 Å². The SMILES string of the molecule is COC(=O)c1ccc(CN(Cc2ccccn2)S(C)(=O)=O)cc1.CS(=O)(=O)N(Cc1ccc(C(=O)NN)cc1)Cc1ccccn1. The molecule has 2 heterocycles. The number of nitrogens with two attached hydrogens (primary N) is 1. The van der Waals surface area contributed by atoms with Gasteiger partial charge < -0.3 is 4.74 Å². The molecule has 13 nitrogen and oxygen atoms in total. The minimum atomic E-state index is -3.40. The molecule has 15 heteroatoms. The first-order valence-corrected chi connectivity index (χ1v) is 17.5. The number of esters is 1. The number of amides is 1. The van der Waals surface area contributed by atoms with Gasteiger partial charge in [0.15, 0.2) is 0 Å². The number of nitrogen functional groups attached to an aromatic ring is 1. The predicted molar refractivity (Wildman–Crippen MR) is 173 cm³/mol. The maximum Gasteiger partial charge on any atom is 0.337 e. The van der Waals surface area contributed by atoms with Crippen LogP contribution in [0.25, 0.3) is 0 Å². The van der Waals surface area contributed by atoms with Crippen LogP contribution in [0.5, 0.6) is 0 Å². The van der Waals surface area contributed by atoms with Crippen molar-refractivity contribution in [3.05, 3.63) is 131 Å². The van der Waals surface area contributed by atoms with Gasteiger partial charge in [0.2, 0.25) is 20.0 Å². The summed E-state index contributed by atoms with van der Waals surface area (Å²) in [5.74, 6) is 4.25. The fourth-order valence-electron chi connectivity index (χ4n) is 4.04. The molecule has 1 amide bonds. The van der Waals surface area contributed by atoms with Crippen LogP contribution in [0, 0.1) is 0 Å². The average Bonchev–Trinajstić information content (AvgIpc) is 3.04. The highest BCUT2D eigenvalue weighted by Crippen LogP contribution is 2.15. The van der Waals surface area contributed by atoms with Gasteiger partial charge in [-0.2, -0.15) is 8.61 Å². The lowest BCUT2D eigenvalue weighted by Crippen LogP contribution is -2.30. The molecule has 3 N–H and O–H groups in total. The summed E-state index contributed by atoms with van der Waals surface area (Å²) in [5, 5.41) is 0. The third kappa shape index (κ3) is 11.4. The average molecular weight is 669 g/mol. The smallest absolute Gasteiger partial charge is 0.337 e. The first-order chi connectivity index (χ1) is 21.8. The van der Waals surface area contributed by atoms with Crippen molar-refractivity contribution in [3.8, 4) is 0 Å². The molecule has 0 aliphatic carbocycles. The molecule has 0 radical (unpaired) electrons. The summed E-state index contributed by atoms with van der Waals surface area (Å²) in [6, 6.07) is 24.0. The molecule has 2 aromatic heterocycles. The highest BCUT2D eigenvalue weighted by Gasteiger charge is 2.19. The van der Waals surface area contributed by atoms with Gasteiger partial charge in [-0.3, -0.25) is 20.2 Å². The highest BCUT2D eigenvalue weighted by atomic mass is 32.2. The fraction of sp³-hybridized carbons (Fsp3) is 0.226. The van der Waals surface area contributed by atoms with Crippen LogP contribution in [0.15, 0.2) is 97.3 Å². The van der Waals surface area contributed by atoms with Crippen LogP contribution in [0.4, 0.5) is 0 Å². The molecule has 0 spiro atoms.